The predicted molar refractivity (Wildman–Crippen MR) is 231 cm³/mol. The summed E-state index contributed by atoms with van der Waals surface area (Å²) in [5, 5.41) is 7.14. The lowest BCUT2D eigenvalue weighted by Crippen LogP contribution is -2.10. The molecule has 3 nitrogen and oxygen atoms in total. The average molecular weight is 703 g/mol. The zero-order valence-corrected chi connectivity index (χ0v) is 29.9. The molecule has 0 radical (unpaired) electrons. The van der Waals surface area contributed by atoms with Crippen LogP contribution in [0.2, 0.25) is 0 Å². The number of hydrogen-bond donors (Lipinski definition) is 0. The zero-order valence-electron chi connectivity index (χ0n) is 29.9. The fourth-order valence-electron chi connectivity index (χ4n) is 8.38. The minimum Gasteiger partial charge on any atom is -0.456 e. The molecule has 3 heteroatoms. The SMILES string of the molecule is c1ccc(-c2ccc(N(c3ccc4c(c3)oc3ccccc34)c3ccc4c5cc6ccccc6cc5n(-c5ccccc5)c4c3)cc2-c2ccccc2)cc1. The number of furan rings is 1. The van der Waals surface area contributed by atoms with Gasteiger partial charge in [-0.1, -0.05) is 133 Å². The smallest absolute Gasteiger partial charge is 0.137 e. The molecule has 0 saturated heterocycles. The van der Waals surface area contributed by atoms with E-state index in [1.54, 1.807) is 0 Å². The Morgan fingerprint density at radius 2 is 0.891 bits per heavy atom. The van der Waals surface area contributed by atoms with E-state index in [9.17, 15) is 0 Å². The second-order valence-corrected chi connectivity index (χ2v) is 14.2. The van der Waals surface area contributed by atoms with E-state index in [2.05, 4.69) is 204 Å². The lowest BCUT2D eigenvalue weighted by molar-refractivity contribution is 0.669. The minimum atomic E-state index is 0.860. The van der Waals surface area contributed by atoms with Gasteiger partial charge in [-0.25, -0.2) is 0 Å². The van der Waals surface area contributed by atoms with Crippen molar-refractivity contribution in [3.8, 4) is 27.9 Å². The topological polar surface area (TPSA) is 21.3 Å². The van der Waals surface area contributed by atoms with E-state index >= 15 is 0 Å². The number of fused-ring (bicyclic) bond motifs is 7. The second-order valence-electron chi connectivity index (χ2n) is 14.2. The number of aromatic nitrogens is 1. The summed E-state index contributed by atoms with van der Waals surface area (Å²) in [7, 11) is 0. The standard InChI is InChI=1S/C52H34N2O/c1-4-14-35(15-5-1)43-27-24-40(32-47(43)36-16-6-2-7-17-36)53(42-26-29-46-45-22-12-13-23-51(45)55-52(46)34-42)41-25-28-44-48-30-37-18-10-11-19-38(37)31-49(48)54(50(44)33-41)39-20-8-3-9-21-39/h1-34H. The first kappa shape index (κ1) is 31.2. The van der Waals surface area contributed by atoms with E-state index in [0.29, 0.717) is 0 Å². The van der Waals surface area contributed by atoms with Crippen molar-refractivity contribution in [1.29, 1.82) is 0 Å². The number of hydrogen-bond acceptors (Lipinski definition) is 2. The fourth-order valence-corrected chi connectivity index (χ4v) is 8.38. The first-order valence-corrected chi connectivity index (χ1v) is 18.8. The van der Waals surface area contributed by atoms with Crippen molar-refractivity contribution in [3.05, 3.63) is 206 Å². The molecular weight excluding hydrogens is 669 g/mol. The fraction of sp³-hybridized carbons (Fsp3) is 0. The van der Waals surface area contributed by atoms with Crippen molar-refractivity contribution in [2.75, 3.05) is 4.90 Å². The van der Waals surface area contributed by atoms with Crippen molar-refractivity contribution < 1.29 is 4.42 Å². The third-order valence-electron chi connectivity index (χ3n) is 10.9. The lowest BCUT2D eigenvalue weighted by Gasteiger charge is -2.27. The monoisotopic (exact) mass is 702 g/mol. The molecule has 11 aromatic rings. The molecule has 0 bridgehead atoms. The van der Waals surface area contributed by atoms with Gasteiger partial charge in [-0.3, -0.25) is 0 Å². The third-order valence-corrected chi connectivity index (χ3v) is 10.9. The number of para-hydroxylation sites is 2. The van der Waals surface area contributed by atoms with Crippen LogP contribution in [0.4, 0.5) is 17.1 Å². The van der Waals surface area contributed by atoms with Crippen molar-refractivity contribution >= 4 is 71.6 Å². The number of anilines is 3. The number of nitrogens with zero attached hydrogens (tertiary/aromatic N) is 2. The summed E-state index contributed by atoms with van der Waals surface area (Å²) >= 11 is 0. The maximum Gasteiger partial charge on any atom is 0.137 e. The average Bonchev–Trinajstić information content (AvgIpc) is 3.78. The molecule has 0 saturated carbocycles. The molecule has 9 aromatic carbocycles. The van der Waals surface area contributed by atoms with Gasteiger partial charge in [-0.15, -0.1) is 0 Å². The van der Waals surface area contributed by atoms with Gasteiger partial charge in [0.15, 0.2) is 0 Å². The van der Waals surface area contributed by atoms with Gasteiger partial charge in [-0.05, 0) is 99.8 Å². The molecule has 0 unspecified atom stereocenters. The van der Waals surface area contributed by atoms with Gasteiger partial charge in [-0.2, -0.15) is 0 Å². The largest absolute Gasteiger partial charge is 0.456 e. The van der Waals surface area contributed by atoms with Crippen molar-refractivity contribution in [1.82, 2.24) is 4.57 Å². The zero-order chi connectivity index (χ0) is 36.3. The molecule has 55 heavy (non-hydrogen) atoms. The Kier molecular flexibility index (Phi) is 7.17. The van der Waals surface area contributed by atoms with E-state index in [1.165, 1.54) is 49.3 Å². The van der Waals surface area contributed by atoms with Crippen molar-refractivity contribution in [2.45, 2.75) is 0 Å². The number of rotatable bonds is 6. The Hall–Kier alpha value is -7.36. The molecule has 0 amide bonds. The molecule has 11 rings (SSSR count). The van der Waals surface area contributed by atoms with Gasteiger partial charge in [0.2, 0.25) is 0 Å². The molecule has 0 fully saturated rings. The van der Waals surface area contributed by atoms with E-state index in [1.807, 2.05) is 12.1 Å². The maximum atomic E-state index is 6.48. The van der Waals surface area contributed by atoms with Gasteiger partial charge in [0, 0.05) is 50.4 Å². The molecule has 0 N–H and O–H groups in total. The summed E-state index contributed by atoms with van der Waals surface area (Å²) in [6.07, 6.45) is 0. The molecule has 0 spiro atoms. The highest BCUT2D eigenvalue weighted by Gasteiger charge is 2.21. The van der Waals surface area contributed by atoms with Crippen LogP contribution in [-0.2, 0) is 0 Å². The van der Waals surface area contributed by atoms with E-state index < -0.39 is 0 Å². The molecule has 0 aliphatic heterocycles. The molecule has 2 aromatic heterocycles. The summed E-state index contributed by atoms with van der Waals surface area (Å²) in [6.45, 7) is 0. The summed E-state index contributed by atoms with van der Waals surface area (Å²) in [5.74, 6) is 0. The lowest BCUT2D eigenvalue weighted by atomic mass is 9.93. The minimum absolute atomic E-state index is 0.860. The van der Waals surface area contributed by atoms with Crippen LogP contribution in [0.15, 0.2) is 211 Å². The van der Waals surface area contributed by atoms with E-state index in [0.717, 1.165) is 50.2 Å². The van der Waals surface area contributed by atoms with Crippen LogP contribution in [0.25, 0.3) is 82.5 Å². The third kappa shape index (κ3) is 5.20. The highest BCUT2D eigenvalue weighted by atomic mass is 16.3. The summed E-state index contributed by atoms with van der Waals surface area (Å²) in [5.41, 5.74) is 13.1. The van der Waals surface area contributed by atoms with Gasteiger partial charge in [0.25, 0.3) is 0 Å². The van der Waals surface area contributed by atoms with Crippen LogP contribution < -0.4 is 4.90 Å². The molecule has 2 heterocycles. The van der Waals surface area contributed by atoms with Gasteiger partial charge in [0.1, 0.15) is 11.2 Å². The van der Waals surface area contributed by atoms with Crippen molar-refractivity contribution in [2.24, 2.45) is 0 Å². The summed E-state index contributed by atoms with van der Waals surface area (Å²) in [6, 6.07) is 74.0. The maximum absolute atomic E-state index is 6.48. The van der Waals surface area contributed by atoms with Crippen LogP contribution in [0.1, 0.15) is 0 Å². The normalized spacial score (nSPS) is 11.6. The highest BCUT2D eigenvalue weighted by Crippen LogP contribution is 2.44. The molecule has 0 atom stereocenters. The Labute approximate surface area is 318 Å². The Balaban J connectivity index is 1.19. The van der Waals surface area contributed by atoms with Gasteiger partial charge >= 0.3 is 0 Å². The quantitative estimate of drug-likeness (QED) is 0.172. The van der Waals surface area contributed by atoms with Crippen LogP contribution >= 0.6 is 0 Å². The molecule has 0 aliphatic rings. The molecule has 0 aliphatic carbocycles. The first-order chi connectivity index (χ1) is 27.3. The summed E-state index contributed by atoms with van der Waals surface area (Å²) in [4.78, 5) is 2.37. The van der Waals surface area contributed by atoms with Crippen molar-refractivity contribution in [3.63, 3.8) is 0 Å². The number of benzene rings is 9. The highest BCUT2D eigenvalue weighted by molar-refractivity contribution is 6.14. The van der Waals surface area contributed by atoms with Gasteiger partial charge < -0.3 is 13.9 Å². The van der Waals surface area contributed by atoms with Gasteiger partial charge in [0.05, 0.1) is 11.0 Å². The van der Waals surface area contributed by atoms with Crippen LogP contribution in [0.3, 0.4) is 0 Å². The predicted octanol–water partition coefficient (Wildman–Crippen LogP) is 14.6. The first-order valence-electron chi connectivity index (χ1n) is 18.8. The Morgan fingerprint density at radius 3 is 1.65 bits per heavy atom. The summed E-state index contributed by atoms with van der Waals surface area (Å²) < 4.78 is 8.89. The van der Waals surface area contributed by atoms with E-state index in [-0.39, 0.29) is 0 Å². The second kappa shape index (κ2) is 12.6. The van der Waals surface area contributed by atoms with Crippen LogP contribution in [0.5, 0.6) is 0 Å². The van der Waals surface area contributed by atoms with Crippen LogP contribution in [-0.4, -0.2) is 4.57 Å². The van der Waals surface area contributed by atoms with E-state index in [4.69, 9.17) is 4.42 Å². The molecule has 258 valence electrons. The van der Waals surface area contributed by atoms with Crippen LogP contribution in [0, 0.1) is 0 Å². The molecular formula is C52H34N2O. The Morgan fingerprint density at radius 1 is 0.345 bits per heavy atom. The Bertz CT molecular complexity index is 3200.